The van der Waals surface area contributed by atoms with Crippen LogP contribution in [0.3, 0.4) is 0 Å². The van der Waals surface area contributed by atoms with Crippen LogP contribution in [0.2, 0.25) is 0 Å². The molecule has 2 unspecified atom stereocenters. The molecule has 6 nitrogen and oxygen atoms in total. The first-order valence-corrected chi connectivity index (χ1v) is 7.38. The van der Waals surface area contributed by atoms with Crippen LogP contribution >= 0.6 is 0 Å². The van der Waals surface area contributed by atoms with Gasteiger partial charge in [-0.1, -0.05) is 0 Å². The molecule has 1 saturated heterocycles. The van der Waals surface area contributed by atoms with Gasteiger partial charge in [0.2, 0.25) is 0 Å². The summed E-state index contributed by atoms with van der Waals surface area (Å²) in [4.78, 5) is 10.6. The van der Waals surface area contributed by atoms with E-state index in [2.05, 4.69) is 0 Å². The van der Waals surface area contributed by atoms with Gasteiger partial charge in [0.25, 0.3) is 0 Å². The summed E-state index contributed by atoms with van der Waals surface area (Å²) in [5, 5.41) is 8.72. The van der Waals surface area contributed by atoms with E-state index in [1.807, 2.05) is 0 Å². The molecule has 0 aromatic heterocycles. The topological polar surface area (TPSA) is 89.9 Å². The van der Waals surface area contributed by atoms with Gasteiger partial charge in [-0.3, -0.25) is 4.79 Å². The molecule has 0 amide bonds. The van der Waals surface area contributed by atoms with Gasteiger partial charge in [0, 0.05) is 45.4 Å². The first-order chi connectivity index (χ1) is 7.57. The Bertz CT molecular complexity index is 391. The molecule has 2 atom stereocenters. The normalized spacial score (nSPS) is 27.3. The second-order valence-corrected chi connectivity index (χ2v) is 6.99. The zero-order valence-corrected chi connectivity index (χ0v) is 14.4. The molecule has 1 heterocycles. The van der Waals surface area contributed by atoms with Crippen LogP contribution in [0.15, 0.2) is 0 Å². The molecule has 18 heavy (non-hydrogen) atoms. The van der Waals surface area contributed by atoms with Crippen molar-refractivity contribution in [1.82, 2.24) is 0 Å². The summed E-state index contributed by atoms with van der Waals surface area (Å²) >= 11 is 0. The smallest absolute Gasteiger partial charge is 0.305 e. The zero-order chi connectivity index (χ0) is 13.3. The van der Waals surface area contributed by atoms with Gasteiger partial charge in [-0.15, -0.1) is 0 Å². The minimum Gasteiger partial charge on any atom is -0.481 e. The van der Waals surface area contributed by atoms with E-state index in [-0.39, 0.29) is 51.3 Å². The third-order valence-electron chi connectivity index (χ3n) is 2.32. The van der Waals surface area contributed by atoms with Gasteiger partial charge in [-0.25, -0.2) is 8.42 Å². The van der Waals surface area contributed by atoms with Crippen molar-refractivity contribution in [3.05, 3.63) is 0 Å². The van der Waals surface area contributed by atoms with Crippen molar-refractivity contribution >= 4 is 15.8 Å². The van der Waals surface area contributed by atoms with Crippen LogP contribution in [-0.2, 0) is 56.8 Å². The van der Waals surface area contributed by atoms with E-state index < -0.39 is 33.8 Å². The summed E-state index contributed by atoms with van der Waals surface area (Å²) in [6.07, 6.45) is 0.238. The number of hydrogen-bond acceptors (Lipinski definition) is 5. The number of rotatable bonds is 4. The largest absolute Gasteiger partial charge is 0.481 e. The van der Waals surface area contributed by atoms with Crippen molar-refractivity contribution in [2.24, 2.45) is 0 Å². The molecule has 1 rings (SSSR count). The molecule has 1 radical (unpaired) electrons. The predicted octanol–water partition coefficient (Wildman–Crippen LogP) is 0.413. The Morgan fingerprint density at radius 1 is 1.33 bits per heavy atom. The minimum atomic E-state index is -3.15. The van der Waals surface area contributed by atoms with Crippen molar-refractivity contribution in [2.75, 3.05) is 12.0 Å². The van der Waals surface area contributed by atoms with E-state index in [4.69, 9.17) is 14.6 Å². The Kier molecular flexibility index (Phi) is 6.91. The summed E-state index contributed by atoms with van der Waals surface area (Å²) in [5.41, 5.74) is 0. The van der Waals surface area contributed by atoms with E-state index in [0.29, 0.717) is 0 Å². The summed E-state index contributed by atoms with van der Waals surface area (Å²) in [5.74, 6) is -2.03. The van der Waals surface area contributed by atoms with Gasteiger partial charge >= 0.3 is 5.97 Å². The molecular weight excluding hydrogens is 337 g/mol. The number of carboxylic acid groups (broad SMARTS) is 1. The SMILES string of the molecule is CC1(C)OC(CC(=O)O)CC(CS(C)(=O)=O)O1.[Y]. The fraction of sp³-hybridized carbons (Fsp3) is 0.900. The molecule has 0 aliphatic carbocycles. The number of hydrogen-bond donors (Lipinski definition) is 1. The maximum Gasteiger partial charge on any atom is 0.305 e. The molecule has 1 fully saturated rings. The van der Waals surface area contributed by atoms with Crippen molar-refractivity contribution in [1.29, 1.82) is 0 Å². The van der Waals surface area contributed by atoms with Gasteiger partial charge in [0.1, 0.15) is 9.84 Å². The number of carboxylic acids is 1. The molecule has 0 aromatic rings. The molecule has 0 bridgehead atoms. The Labute approximate surface area is 132 Å². The van der Waals surface area contributed by atoms with E-state index in [0.717, 1.165) is 6.26 Å². The first kappa shape index (κ1) is 18.4. The van der Waals surface area contributed by atoms with Crippen molar-refractivity contribution < 1.29 is 60.5 Å². The average molecular weight is 355 g/mol. The Balaban J connectivity index is 0.00000289. The Morgan fingerprint density at radius 3 is 2.28 bits per heavy atom. The van der Waals surface area contributed by atoms with Crippen LogP contribution in [0.25, 0.3) is 0 Å². The van der Waals surface area contributed by atoms with Gasteiger partial charge in [0.15, 0.2) is 5.79 Å². The summed E-state index contributed by atoms with van der Waals surface area (Å²) in [6.45, 7) is 3.30. The summed E-state index contributed by atoms with van der Waals surface area (Å²) in [7, 11) is -3.15. The summed E-state index contributed by atoms with van der Waals surface area (Å²) in [6, 6.07) is 0. The fourth-order valence-electron chi connectivity index (χ4n) is 1.98. The predicted molar refractivity (Wildman–Crippen MR) is 60.4 cm³/mol. The third-order valence-corrected chi connectivity index (χ3v) is 3.29. The molecule has 1 aliphatic rings. The van der Waals surface area contributed by atoms with Crippen molar-refractivity contribution in [2.45, 2.75) is 44.7 Å². The van der Waals surface area contributed by atoms with Crippen molar-refractivity contribution in [3.63, 3.8) is 0 Å². The maximum atomic E-state index is 11.2. The average Bonchev–Trinajstić information content (AvgIpc) is 1.93. The third kappa shape index (κ3) is 7.14. The van der Waals surface area contributed by atoms with Crippen LogP contribution in [-0.4, -0.2) is 49.5 Å². The zero-order valence-electron chi connectivity index (χ0n) is 10.8. The monoisotopic (exact) mass is 355 g/mol. The number of aliphatic carboxylic acids is 1. The maximum absolute atomic E-state index is 11.2. The molecule has 1 N–H and O–H groups in total. The molecular formula is C10H18O6SY. The van der Waals surface area contributed by atoms with Crippen LogP contribution < -0.4 is 0 Å². The Hall–Kier alpha value is 0.444. The van der Waals surface area contributed by atoms with E-state index in [1.54, 1.807) is 13.8 Å². The summed E-state index contributed by atoms with van der Waals surface area (Å²) < 4.78 is 33.3. The quantitative estimate of drug-likeness (QED) is 0.786. The standard InChI is InChI=1S/C10H18O6S.Y/c1-10(2)15-7(5-9(11)12)4-8(16-10)6-17(3,13)14;/h7-8H,4-6H2,1-3H3,(H,11,12);. The fourth-order valence-corrected chi connectivity index (χ4v) is 2.86. The molecule has 0 spiro atoms. The molecule has 1 aliphatic heterocycles. The van der Waals surface area contributed by atoms with Gasteiger partial charge < -0.3 is 14.6 Å². The first-order valence-electron chi connectivity index (χ1n) is 5.32. The minimum absolute atomic E-state index is 0. The van der Waals surface area contributed by atoms with E-state index in [9.17, 15) is 13.2 Å². The molecule has 0 saturated carbocycles. The number of sulfone groups is 1. The van der Waals surface area contributed by atoms with Crippen LogP contribution in [0.5, 0.6) is 0 Å². The second kappa shape index (κ2) is 6.75. The van der Waals surface area contributed by atoms with Gasteiger partial charge in [-0.2, -0.15) is 0 Å². The van der Waals surface area contributed by atoms with Crippen LogP contribution in [0.4, 0.5) is 0 Å². The van der Waals surface area contributed by atoms with E-state index in [1.165, 1.54) is 0 Å². The number of carbonyl (C=O) groups is 1. The van der Waals surface area contributed by atoms with Crippen molar-refractivity contribution in [3.8, 4) is 0 Å². The Morgan fingerprint density at radius 2 is 1.83 bits per heavy atom. The molecule has 103 valence electrons. The molecule has 8 heteroatoms. The van der Waals surface area contributed by atoms with E-state index >= 15 is 0 Å². The number of ether oxygens (including phenoxy) is 2. The van der Waals surface area contributed by atoms with Gasteiger partial charge in [-0.05, 0) is 13.8 Å². The van der Waals surface area contributed by atoms with Gasteiger partial charge in [0.05, 0.1) is 24.4 Å². The second-order valence-electron chi connectivity index (χ2n) is 4.81. The molecule has 0 aromatic carbocycles. The van der Waals surface area contributed by atoms with Crippen LogP contribution in [0, 0.1) is 0 Å². The van der Waals surface area contributed by atoms with Crippen LogP contribution in [0.1, 0.15) is 26.7 Å².